The maximum Gasteiger partial charge on any atom is 0.330 e. The summed E-state index contributed by atoms with van der Waals surface area (Å²) in [5.41, 5.74) is 0. The monoisotopic (exact) mass is 157 g/mol. The minimum atomic E-state index is -0.422. The molecule has 0 bridgehead atoms. The lowest BCUT2D eigenvalue weighted by atomic mass is 10.4. The van der Waals surface area contributed by atoms with Crippen molar-refractivity contribution < 1.29 is 14.6 Å². The van der Waals surface area contributed by atoms with Crippen molar-refractivity contribution in [2.45, 2.75) is 19.8 Å². The normalized spacial score (nSPS) is 10.4. The molecule has 0 radical (unpaired) electrons. The average Bonchev–Trinajstić information content (AvgIpc) is 2.01. The predicted molar refractivity (Wildman–Crippen MR) is 39.9 cm³/mol. The second-order valence-corrected chi connectivity index (χ2v) is 2.09. The fraction of sp³-hybridized carbons (Fsp3) is 0.625. The first kappa shape index (κ1) is 10.2. The Labute approximate surface area is 66.7 Å². The summed E-state index contributed by atoms with van der Waals surface area (Å²) >= 11 is 0. The highest BCUT2D eigenvalue weighted by atomic mass is 16.5. The van der Waals surface area contributed by atoms with Gasteiger partial charge in [-0.3, -0.25) is 0 Å². The minimum Gasteiger partial charge on any atom is -0.851 e. The van der Waals surface area contributed by atoms with Crippen molar-refractivity contribution in [1.82, 2.24) is 0 Å². The van der Waals surface area contributed by atoms with Gasteiger partial charge in [-0.15, -0.1) is 6.61 Å². The second kappa shape index (κ2) is 7.28. The van der Waals surface area contributed by atoms with Crippen LogP contribution in [-0.4, -0.2) is 19.2 Å². The van der Waals surface area contributed by atoms with E-state index >= 15 is 0 Å². The molecule has 64 valence electrons. The summed E-state index contributed by atoms with van der Waals surface area (Å²) in [5, 5.41) is 9.87. The molecule has 0 aliphatic carbocycles. The molecule has 0 spiro atoms. The maximum atomic E-state index is 10.6. The zero-order chi connectivity index (χ0) is 8.53. The first-order valence-electron chi connectivity index (χ1n) is 3.72. The Hall–Kier alpha value is -0.830. The van der Waals surface area contributed by atoms with E-state index in [1.807, 2.05) is 6.92 Å². The predicted octanol–water partition coefficient (Wildman–Crippen LogP) is 0.246. The summed E-state index contributed by atoms with van der Waals surface area (Å²) in [5.74, 6) is -0.422. The zero-order valence-electron chi connectivity index (χ0n) is 6.71. The molecular formula is C8H13O3-. The number of hydrogen-bond donors (Lipinski definition) is 0. The van der Waals surface area contributed by atoms with Crippen molar-refractivity contribution in [3.63, 3.8) is 0 Å². The van der Waals surface area contributed by atoms with Crippen LogP contribution in [0.5, 0.6) is 0 Å². The van der Waals surface area contributed by atoms with Gasteiger partial charge in [-0.05, 0) is 6.42 Å². The molecule has 0 aromatic rings. The van der Waals surface area contributed by atoms with Gasteiger partial charge in [0.2, 0.25) is 0 Å². The average molecular weight is 157 g/mol. The topological polar surface area (TPSA) is 49.4 Å². The minimum absolute atomic E-state index is 0.372. The van der Waals surface area contributed by atoms with E-state index in [-0.39, 0.29) is 6.61 Å². The number of carbonyl (C=O) groups is 1. The molecule has 11 heavy (non-hydrogen) atoms. The summed E-state index contributed by atoms with van der Waals surface area (Å²) in [6.45, 7) is 2.09. The van der Waals surface area contributed by atoms with E-state index in [1.165, 1.54) is 12.2 Å². The van der Waals surface area contributed by atoms with Crippen LogP contribution in [0.1, 0.15) is 19.8 Å². The third kappa shape index (κ3) is 7.06. The Morgan fingerprint density at radius 2 is 2.36 bits per heavy atom. The van der Waals surface area contributed by atoms with E-state index < -0.39 is 5.97 Å². The molecule has 0 aliphatic rings. The molecule has 0 rings (SSSR count). The molecule has 0 saturated carbocycles. The third-order valence-corrected chi connectivity index (χ3v) is 1.09. The third-order valence-electron chi connectivity index (χ3n) is 1.09. The van der Waals surface area contributed by atoms with Crippen LogP contribution in [0.2, 0.25) is 0 Å². The Bertz CT molecular complexity index is 129. The van der Waals surface area contributed by atoms with Gasteiger partial charge in [0.05, 0.1) is 6.61 Å². The molecule has 0 aromatic heterocycles. The molecule has 0 saturated heterocycles. The van der Waals surface area contributed by atoms with Crippen LogP contribution in [0.25, 0.3) is 0 Å². The second-order valence-electron chi connectivity index (χ2n) is 2.09. The van der Waals surface area contributed by atoms with Crippen LogP contribution in [-0.2, 0) is 9.53 Å². The van der Waals surface area contributed by atoms with Crippen molar-refractivity contribution >= 4 is 5.97 Å². The highest BCUT2D eigenvalue weighted by molar-refractivity contribution is 5.81. The lowest BCUT2D eigenvalue weighted by Gasteiger charge is -1.99. The number of esters is 1. The standard InChI is InChI=1S/C8H13O3/c1-2-3-7-11-8(10)5-4-6-9/h4-5H,2-3,6-7H2,1H3/q-1/b5-4+. The highest BCUT2D eigenvalue weighted by Gasteiger charge is 1.92. The van der Waals surface area contributed by atoms with Crippen LogP contribution >= 0.6 is 0 Å². The summed E-state index contributed by atoms with van der Waals surface area (Å²) in [4.78, 5) is 10.6. The summed E-state index contributed by atoms with van der Waals surface area (Å²) < 4.78 is 4.72. The zero-order valence-corrected chi connectivity index (χ0v) is 6.71. The number of ether oxygens (including phenoxy) is 1. The van der Waals surface area contributed by atoms with E-state index in [1.54, 1.807) is 0 Å². The van der Waals surface area contributed by atoms with Crippen LogP contribution < -0.4 is 5.11 Å². The lowest BCUT2D eigenvalue weighted by Crippen LogP contribution is -2.05. The first-order valence-corrected chi connectivity index (χ1v) is 3.72. The summed E-state index contributed by atoms with van der Waals surface area (Å²) in [7, 11) is 0. The van der Waals surface area contributed by atoms with Crippen molar-refractivity contribution in [3.8, 4) is 0 Å². The summed E-state index contributed by atoms with van der Waals surface area (Å²) in [6.07, 6.45) is 4.28. The number of hydrogen-bond acceptors (Lipinski definition) is 3. The number of carbonyl (C=O) groups excluding carboxylic acids is 1. The molecule has 0 unspecified atom stereocenters. The van der Waals surface area contributed by atoms with Crippen LogP contribution in [0, 0.1) is 0 Å². The first-order chi connectivity index (χ1) is 5.31. The fourth-order valence-corrected chi connectivity index (χ4v) is 0.510. The van der Waals surface area contributed by atoms with E-state index in [9.17, 15) is 9.90 Å². The smallest absolute Gasteiger partial charge is 0.330 e. The van der Waals surface area contributed by atoms with Gasteiger partial charge in [-0.2, -0.15) is 0 Å². The van der Waals surface area contributed by atoms with E-state index in [4.69, 9.17) is 4.74 Å². The highest BCUT2D eigenvalue weighted by Crippen LogP contribution is 1.88. The van der Waals surface area contributed by atoms with Gasteiger partial charge in [0.25, 0.3) is 0 Å². The maximum absolute atomic E-state index is 10.6. The quantitative estimate of drug-likeness (QED) is 0.326. The Balaban J connectivity index is 3.30. The molecule has 0 atom stereocenters. The van der Waals surface area contributed by atoms with Gasteiger partial charge in [0.15, 0.2) is 0 Å². The molecule has 3 heteroatoms. The molecule has 0 fully saturated rings. The molecule has 0 amide bonds. The molecule has 0 N–H and O–H groups in total. The van der Waals surface area contributed by atoms with E-state index in [0.29, 0.717) is 6.61 Å². The van der Waals surface area contributed by atoms with Crippen LogP contribution in [0.3, 0.4) is 0 Å². The molecule has 0 aromatic carbocycles. The van der Waals surface area contributed by atoms with Gasteiger partial charge >= 0.3 is 5.97 Å². The molecular weight excluding hydrogens is 144 g/mol. The SMILES string of the molecule is CCCCOC(=O)/C=C/C[O-]. The van der Waals surface area contributed by atoms with Crippen molar-refractivity contribution in [2.75, 3.05) is 13.2 Å². The van der Waals surface area contributed by atoms with Gasteiger partial charge in [0, 0.05) is 6.08 Å². The van der Waals surface area contributed by atoms with E-state index in [0.717, 1.165) is 12.8 Å². The van der Waals surface area contributed by atoms with Crippen molar-refractivity contribution in [2.24, 2.45) is 0 Å². The van der Waals surface area contributed by atoms with Crippen molar-refractivity contribution in [1.29, 1.82) is 0 Å². The lowest BCUT2D eigenvalue weighted by molar-refractivity contribution is -0.352. The Morgan fingerprint density at radius 1 is 1.64 bits per heavy atom. The van der Waals surface area contributed by atoms with Gasteiger partial charge in [-0.1, -0.05) is 19.4 Å². The number of rotatable bonds is 5. The molecule has 0 heterocycles. The Kier molecular flexibility index (Phi) is 6.73. The van der Waals surface area contributed by atoms with Gasteiger partial charge in [-0.25, -0.2) is 4.79 Å². The van der Waals surface area contributed by atoms with Crippen LogP contribution in [0.15, 0.2) is 12.2 Å². The van der Waals surface area contributed by atoms with Gasteiger partial charge in [0.1, 0.15) is 0 Å². The fourth-order valence-electron chi connectivity index (χ4n) is 0.510. The largest absolute Gasteiger partial charge is 0.851 e. The van der Waals surface area contributed by atoms with Crippen LogP contribution in [0.4, 0.5) is 0 Å². The molecule has 3 nitrogen and oxygen atoms in total. The Morgan fingerprint density at radius 3 is 2.91 bits per heavy atom. The van der Waals surface area contributed by atoms with Gasteiger partial charge < -0.3 is 9.84 Å². The van der Waals surface area contributed by atoms with E-state index in [2.05, 4.69) is 0 Å². The molecule has 0 aliphatic heterocycles. The number of unbranched alkanes of at least 4 members (excludes halogenated alkanes) is 1. The summed E-state index contributed by atoms with van der Waals surface area (Å²) in [6, 6.07) is 0. The van der Waals surface area contributed by atoms with Crippen molar-refractivity contribution in [3.05, 3.63) is 12.2 Å².